The van der Waals surface area contributed by atoms with Crippen molar-refractivity contribution in [1.29, 1.82) is 0 Å². The van der Waals surface area contributed by atoms with Crippen molar-refractivity contribution in [2.75, 3.05) is 45.9 Å². The van der Waals surface area contributed by atoms with Gasteiger partial charge in [-0.3, -0.25) is 4.90 Å². The fraction of sp³-hybridized carbons (Fsp3) is 0.409. The molecule has 0 radical (unpaired) electrons. The standard InChI is InChI=1S/C22H29N3O3/c1-2-27-20-9-6-10-21(17-20)28-16-11-23-22(26)25-14-12-24(13-15-25)18-19-7-4-3-5-8-19/h3-10,17H,2,11-16,18H2,1H3,(H,23,26). The van der Waals surface area contributed by atoms with Gasteiger partial charge in [0.25, 0.3) is 0 Å². The molecule has 2 aromatic rings. The Morgan fingerprint density at radius 2 is 1.68 bits per heavy atom. The van der Waals surface area contributed by atoms with Crippen LogP contribution in [0.1, 0.15) is 12.5 Å². The summed E-state index contributed by atoms with van der Waals surface area (Å²) >= 11 is 0. The van der Waals surface area contributed by atoms with Crippen LogP contribution < -0.4 is 14.8 Å². The molecule has 150 valence electrons. The first-order valence-corrected chi connectivity index (χ1v) is 9.89. The van der Waals surface area contributed by atoms with Gasteiger partial charge in [0.15, 0.2) is 0 Å². The van der Waals surface area contributed by atoms with Crippen LogP contribution in [0.4, 0.5) is 4.79 Å². The minimum absolute atomic E-state index is 0.0222. The average Bonchev–Trinajstić information content (AvgIpc) is 2.73. The second-order valence-electron chi connectivity index (χ2n) is 6.74. The molecule has 6 heteroatoms. The molecule has 2 aromatic carbocycles. The molecule has 0 unspecified atom stereocenters. The van der Waals surface area contributed by atoms with Crippen LogP contribution in [0, 0.1) is 0 Å². The summed E-state index contributed by atoms with van der Waals surface area (Å²) in [5.74, 6) is 1.53. The molecule has 2 amide bonds. The van der Waals surface area contributed by atoms with Crippen LogP contribution in [0.5, 0.6) is 11.5 Å². The highest BCUT2D eigenvalue weighted by Crippen LogP contribution is 2.19. The van der Waals surface area contributed by atoms with E-state index in [1.54, 1.807) is 0 Å². The van der Waals surface area contributed by atoms with E-state index >= 15 is 0 Å². The third-order valence-electron chi connectivity index (χ3n) is 4.67. The van der Waals surface area contributed by atoms with Crippen molar-refractivity contribution >= 4 is 6.03 Å². The Balaban J connectivity index is 1.33. The number of benzene rings is 2. The van der Waals surface area contributed by atoms with Crippen molar-refractivity contribution in [2.45, 2.75) is 13.5 Å². The van der Waals surface area contributed by atoms with E-state index in [1.807, 2.05) is 42.2 Å². The van der Waals surface area contributed by atoms with Gasteiger partial charge in [-0.1, -0.05) is 36.4 Å². The molecular weight excluding hydrogens is 354 g/mol. The molecule has 1 fully saturated rings. The maximum absolute atomic E-state index is 12.3. The van der Waals surface area contributed by atoms with Gasteiger partial charge >= 0.3 is 6.03 Å². The Morgan fingerprint density at radius 3 is 2.39 bits per heavy atom. The lowest BCUT2D eigenvalue weighted by Gasteiger charge is -2.34. The summed E-state index contributed by atoms with van der Waals surface area (Å²) < 4.78 is 11.1. The van der Waals surface area contributed by atoms with Gasteiger partial charge in [-0.05, 0) is 24.6 Å². The molecule has 0 spiro atoms. The van der Waals surface area contributed by atoms with Crippen LogP contribution in [0.3, 0.4) is 0 Å². The number of hydrogen-bond donors (Lipinski definition) is 1. The van der Waals surface area contributed by atoms with Crippen molar-refractivity contribution in [3.8, 4) is 11.5 Å². The van der Waals surface area contributed by atoms with Crippen LogP contribution in [-0.2, 0) is 6.54 Å². The first kappa shape index (κ1) is 20.0. The van der Waals surface area contributed by atoms with Gasteiger partial charge in [-0.25, -0.2) is 4.79 Å². The lowest BCUT2D eigenvalue weighted by molar-refractivity contribution is 0.134. The van der Waals surface area contributed by atoms with E-state index in [-0.39, 0.29) is 6.03 Å². The SMILES string of the molecule is CCOc1cccc(OCCNC(=O)N2CCN(Cc3ccccc3)CC2)c1. The average molecular weight is 383 g/mol. The lowest BCUT2D eigenvalue weighted by Crippen LogP contribution is -2.51. The van der Waals surface area contributed by atoms with Crippen LogP contribution >= 0.6 is 0 Å². The van der Waals surface area contributed by atoms with E-state index in [2.05, 4.69) is 34.5 Å². The molecule has 1 N–H and O–H groups in total. The number of nitrogens with zero attached hydrogens (tertiary/aromatic N) is 2. The van der Waals surface area contributed by atoms with E-state index in [9.17, 15) is 4.79 Å². The zero-order valence-electron chi connectivity index (χ0n) is 16.5. The predicted molar refractivity (Wildman–Crippen MR) is 110 cm³/mol. The zero-order valence-corrected chi connectivity index (χ0v) is 16.5. The Bertz CT molecular complexity index is 731. The van der Waals surface area contributed by atoms with Crippen LogP contribution in [0.25, 0.3) is 0 Å². The first-order chi connectivity index (χ1) is 13.7. The fourth-order valence-corrected chi connectivity index (χ4v) is 3.21. The number of piperazine rings is 1. The Morgan fingerprint density at radius 1 is 0.964 bits per heavy atom. The highest BCUT2D eigenvalue weighted by molar-refractivity contribution is 5.74. The summed E-state index contributed by atoms with van der Waals surface area (Å²) in [6.07, 6.45) is 0. The molecule has 0 aliphatic carbocycles. The normalized spacial score (nSPS) is 14.5. The van der Waals surface area contributed by atoms with Crippen LogP contribution in [0.2, 0.25) is 0 Å². The number of nitrogens with one attached hydrogen (secondary N) is 1. The Hall–Kier alpha value is -2.73. The van der Waals surface area contributed by atoms with E-state index in [1.165, 1.54) is 5.56 Å². The summed E-state index contributed by atoms with van der Waals surface area (Å²) in [6.45, 7) is 7.68. The minimum atomic E-state index is -0.0222. The number of carbonyl (C=O) groups excluding carboxylic acids is 1. The van der Waals surface area contributed by atoms with Crippen molar-refractivity contribution in [3.63, 3.8) is 0 Å². The number of ether oxygens (including phenoxy) is 2. The second-order valence-corrected chi connectivity index (χ2v) is 6.74. The maximum atomic E-state index is 12.3. The zero-order chi connectivity index (χ0) is 19.6. The number of urea groups is 1. The molecule has 1 heterocycles. The summed E-state index contributed by atoms with van der Waals surface area (Å²) in [6, 6.07) is 18.0. The minimum Gasteiger partial charge on any atom is -0.494 e. The molecule has 1 aliphatic heterocycles. The van der Waals surface area contributed by atoms with Crippen molar-refractivity contribution in [2.24, 2.45) is 0 Å². The van der Waals surface area contributed by atoms with E-state index in [4.69, 9.17) is 9.47 Å². The third-order valence-corrected chi connectivity index (χ3v) is 4.67. The molecule has 0 bridgehead atoms. The van der Waals surface area contributed by atoms with E-state index in [0.717, 1.165) is 44.2 Å². The molecule has 6 nitrogen and oxygen atoms in total. The van der Waals surface area contributed by atoms with Crippen LogP contribution in [0.15, 0.2) is 54.6 Å². The number of amides is 2. The Labute approximate surface area is 167 Å². The van der Waals surface area contributed by atoms with Gasteiger partial charge in [-0.15, -0.1) is 0 Å². The topological polar surface area (TPSA) is 54.0 Å². The monoisotopic (exact) mass is 383 g/mol. The number of rotatable bonds is 8. The highest BCUT2D eigenvalue weighted by atomic mass is 16.5. The summed E-state index contributed by atoms with van der Waals surface area (Å²) in [5.41, 5.74) is 1.31. The van der Waals surface area contributed by atoms with Crippen molar-refractivity contribution in [1.82, 2.24) is 15.1 Å². The summed E-state index contributed by atoms with van der Waals surface area (Å²) in [5, 5.41) is 2.94. The quantitative estimate of drug-likeness (QED) is 0.712. The Kier molecular flexibility index (Phi) is 7.55. The molecule has 1 saturated heterocycles. The first-order valence-electron chi connectivity index (χ1n) is 9.89. The van der Waals surface area contributed by atoms with Gasteiger partial charge in [-0.2, -0.15) is 0 Å². The molecule has 28 heavy (non-hydrogen) atoms. The van der Waals surface area contributed by atoms with Crippen molar-refractivity contribution in [3.05, 3.63) is 60.2 Å². The molecule has 0 atom stereocenters. The van der Waals surface area contributed by atoms with Gasteiger partial charge in [0.1, 0.15) is 18.1 Å². The van der Waals surface area contributed by atoms with Gasteiger partial charge < -0.3 is 19.7 Å². The van der Waals surface area contributed by atoms with E-state index in [0.29, 0.717) is 19.8 Å². The van der Waals surface area contributed by atoms with E-state index < -0.39 is 0 Å². The van der Waals surface area contributed by atoms with Crippen LogP contribution in [-0.4, -0.2) is 61.8 Å². The maximum Gasteiger partial charge on any atom is 0.317 e. The lowest BCUT2D eigenvalue weighted by atomic mass is 10.2. The molecule has 0 saturated carbocycles. The third kappa shape index (κ3) is 6.16. The molecular formula is C22H29N3O3. The summed E-state index contributed by atoms with van der Waals surface area (Å²) in [7, 11) is 0. The molecule has 0 aromatic heterocycles. The fourth-order valence-electron chi connectivity index (χ4n) is 3.21. The van der Waals surface area contributed by atoms with Crippen molar-refractivity contribution < 1.29 is 14.3 Å². The van der Waals surface area contributed by atoms with Gasteiger partial charge in [0, 0.05) is 38.8 Å². The largest absolute Gasteiger partial charge is 0.494 e. The smallest absolute Gasteiger partial charge is 0.317 e. The highest BCUT2D eigenvalue weighted by Gasteiger charge is 2.20. The van der Waals surface area contributed by atoms with Gasteiger partial charge in [0.2, 0.25) is 0 Å². The number of hydrogen-bond acceptors (Lipinski definition) is 4. The second kappa shape index (κ2) is 10.6. The summed E-state index contributed by atoms with van der Waals surface area (Å²) in [4.78, 5) is 16.6. The van der Waals surface area contributed by atoms with Gasteiger partial charge in [0.05, 0.1) is 13.2 Å². The molecule has 1 aliphatic rings. The number of carbonyl (C=O) groups is 1. The predicted octanol–water partition coefficient (Wildman–Crippen LogP) is 2.99. The molecule has 3 rings (SSSR count).